The van der Waals surface area contributed by atoms with Gasteiger partial charge in [-0.1, -0.05) is 48.5 Å². The lowest BCUT2D eigenvalue weighted by molar-refractivity contribution is -0.128. The molecule has 0 unspecified atom stereocenters. The summed E-state index contributed by atoms with van der Waals surface area (Å²) in [6.45, 7) is 0. The average Bonchev–Trinajstić information content (AvgIpc) is 2.68. The van der Waals surface area contributed by atoms with Crippen molar-refractivity contribution in [1.82, 2.24) is 0 Å². The van der Waals surface area contributed by atoms with Gasteiger partial charge in [0.05, 0.1) is 0 Å². The van der Waals surface area contributed by atoms with Crippen LogP contribution in [-0.4, -0.2) is 11.9 Å². The molecule has 0 heterocycles. The first kappa shape index (κ1) is 17.2. The minimum Gasteiger partial charge on any atom is -0.423 e. The summed E-state index contributed by atoms with van der Waals surface area (Å²) in [5, 5.41) is 0. The average molecular weight is 343 g/mol. The monoisotopic (exact) mass is 343 g/mol. The molecule has 2 N–H and O–H groups in total. The van der Waals surface area contributed by atoms with Crippen LogP contribution in [0.2, 0.25) is 0 Å². The Hall–Kier alpha value is -3.66. The fourth-order valence-corrected chi connectivity index (χ4v) is 2.45. The number of amides is 1. The highest BCUT2D eigenvalue weighted by Crippen LogP contribution is 2.20. The maximum absolute atomic E-state index is 12.0. The van der Waals surface area contributed by atoms with Gasteiger partial charge in [0.1, 0.15) is 5.75 Å². The summed E-state index contributed by atoms with van der Waals surface area (Å²) in [6.07, 6.45) is 3.07. The number of rotatable bonds is 5. The molecule has 3 aromatic rings. The highest BCUT2D eigenvalue weighted by Gasteiger charge is 2.04. The first-order valence-corrected chi connectivity index (χ1v) is 8.07. The molecule has 0 radical (unpaired) electrons. The van der Waals surface area contributed by atoms with Gasteiger partial charge in [-0.2, -0.15) is 0 Å². The van der Waals surface area contributed by atoms with Gasteiger partial charge < -0.3 is 10.5 Å². The molecular weight excluding hydrogens is 326 g/mol. The number of hydrogen-bond acceptors (Lipinski definition) is 3. The molecule has 0 fully saturated rings. The summed E-state index contributed by atoms with van der Waals surface area (Å²) in [4.78, 5) is 23.0. The van der Waals surface area contributed by atoms with E-state index in [0.717, 1.165) is 16.7 Å². The second-order valence-corrected chi connectivity index (χ2v) is 5.63. The Labute approximate surface area is 151 Å². The van der Waals surface area contributed by atoms with Gasteiger partial charge >= 0.3 is 5.97 Å². The van der Waals surface area contributed by atoms with Gasteiger partial charge in [0.15, 0.2) is 0 Å². The maximum Gasteiger partial charge on any atom is 0.336 e. The van der Waals surface area contributed by atoms with E-state index in [2.05, 4.69) is 0 Å². The zero-order chi connectivity index (χ0) is 18.4. The molecule has 0 aromatic heterocycles. The molecule has 0 aliphatic carbocycles. The van der Waals surface area contributed by atoms with Crippen molar-refractivity contribution in [2.75, 3.05) is 0 Å². The lowest BCUT2D eigenvalue weighted by atomic mass is 10.0. The van der Waals surface area contributed by atoms with Crippen LogP contribution >= 0.6 is 0 Å². The predicted octanol–water partition coefficient (Wildman–Crippen LogP) is 4.07. The maximum atomic E-state index is 12.0. The van der Waals surface area contributed by atoms with Gasteiger partial charge in [-0.25, -0.2) is 4.79 Å². The molecule has 0 spiro atoms. The van der Waals surface area contributed by atoms with E-state index >= 15 is 0 Å². The summed E-state index contributed by atoms with van der Waals surface area (Å²) < 4.78 is 5.21. The normalized spacial score (nSPS) is 10.6. The molecule has 1 amide bonds. The van der Waals surface area contributed by atoms with Gasteiger partial charge in [-0.15, -0.1) is 0 Å². The standard InChI is InChI=1S/C22H17NO3/c23-22(25)18-10-12-20(13-11-18)26-21(24)14-9-16-5-4-8-19(15-16)17-6-2-1-3-7-17/h1-15H,(H2,23,25). The van der Waals surface area contributed by atoms with Crippen LogP contribution in [0.15, 0.2) is 84.9 Å². The quantitative estimate of drug-likeness (QED) is 0.431. The Balaban J connectivity index is 1.67. The Bertz CT molecular complexity index is 945. The number of esters is 1. The summed E-state index contributed by atoms with van der Waals surface area (Å²) >= 11 is 0. The minimum absolute atomic E-state index is 0.350. The Morgan fingerprint density at radius 2 is 1.50 bits per heavy atom. The van der Waals surface area contributed by atoms with E-state index < -0.39 is 11.9 Å². The Kier molecular flexibility index (Phi) is 5.25. The highest BCUT2D eigenvalue weighted by atomic mass is 16.5. The van der Waals surface area contributed by atoms with Crippen LogP contribution in [0.3, 0.4) is 0 Å². The summed E-state index contributed by atoms with van der Waals surface area (Å²) in [7, 11) is 0. The van der Waals surface area contributed by atoms with E-state index in [1.54, 1.807) is 6.08 Å². The number of ether oxygens (including phenoxy) is 1. The van der Waals surface area contributed by atoms with Gasteiger partial charge in [0, 0.05) is 11.6 Å². The lowest BCUT2D eigenvalue weighted by Crippen LogP contribution is -2.10. The number of carbonyl (C=O) groups excluding carboxylic acids is 2. The smallest absolute Gasteiger partial charge is 0.336 e. The number of nitrogens with two attached hydrogens (primary N) is 1. The molecule has 4 heteroatoms. The van der Waals surface area contributed by atoms with E-state index in [9.17, 15) is 9.59 Å². The van der Waals surface area contributed by atoms with Crippen molar-refractivity contribution >= 4 is 18.0 Å². The zero-order valence-corrected chi connectivity index (χ0v) is 14.0. The zero-order valence-electron chi connectivity index (χ0n) is 14.0. The van der Waals surface area contributed by atoms with Gasteiger partial charge in [-0.05, 0) is 53.1 Å². The fourth-order valence-electron chi connectivity index (χ4n) is 2.45. The van der Waals surface area contributed by atoms with Crippen molar-refractivity contribution in [3.8, 4) is 16.9 Å². The lowest BCUT2D eigenvalue weighted by Gasteiger charge is -2.03. The summed E-state index contributed by atoms with van der Waals surface area (Å²) in [5.41, 5.74) is 8.61. The molecule has 3 aromatic carbocycles. The topological polar surface area (TPSA) is 69.4 Å². The molecule has 128 valence electrons. The van der Waals surface area contributed by atoms with Crippen molar-refractivity contribution in [2.24, 2.45) is 5.73 Å². The number of primary amides is 1. The van der Waals surface area contributed by atoms with Gasteiger partial charge in [0.2, 0.25) is 5.91 Å². The molecule has 4 nitrogen and oxygen atoms in total. The Morgan fingerprint density at radius 1 is 0.808 bits per heavy atom. The van der Waals surface area contributed by atoms with Crippen LogP contribution in [0.5, 0.6) is 5.75 Å². The molecule has 0 aliphatic heterocycles. The molecule has 0 saturated carbocycles. The largest absolute Gasteiger partial charge is 0.423 e. The third kappa shape index (κ3) is 4.45. The van der Waals surface area contributed by atoms with Crippen LogP contribution in [0.25, 0.3) is 17.2 Å². The van der Waals surface area contributed by atoms with Crippen LogP contribution in [-0.2, 0) is 4.79 Å². The van der Waals surface area contributed by atoms with Gasteiger partial charge in [-0.3, -0.25) is 4.79 Å². The first-order valence-electron chi connectivity index (χ1n) is 8.07. The molecule has 0 saturated heterocycles. The minimum atomic E-state index is -0.527. The molecule has 0 atom stereocenters. The second-order valence-electron chi connectivity index (χ2n) is 5.63. The molecule has 3 rings (SSSR count). The summed E-state index contributed by atoms with van der Waals surface area (Å²) in [5.74, 6) is -0.675. The molecular formula is C22H17NO3. The number of benzene rings is 3. The first-order chi connectivity index (χ1) is 12.6. The number of hydrogen-bond donors (Lipinski definition) is 1. The third-order valence-electron chi connectivity index (χ3n) is 3.76. The van der Waals surface area contributed by atoms with Crippen LogP contribution in [0, 0.1) is 0 Å². The van der Waals surface area contributed by atoms with Crippen LogP contribution < -0.4 is 10.5 Å². The van der Waals surface area contributed by atoms with Crippen molar-refractivity contribution in [2.45, 2.75) is 0 Å². The van der Waals surface area contributed by atoms with E-state index in [4.69, 9.17) is 10.5 Å². The fraction of sp³-hybridized carbons (Fsp3) is 0. The molecule has 0 bridgehead atoms. The van der Waals surface area contributed by atoms with Crippen LogP contribution in [0.1, 0.15) is 15.9 Å². The SMILES string of the molecule is NC(=O)c1ccc(OC(=O)C=Cc2cccc(-c3ccccc3)c2)cc1. The van der Waals surface area contributed by atoms with E-state index in [1.165, 1.54) is 30.3 Å². The Morgan fingerprint density at radius 3 is 2.19 bits per heavy atom. The van der Waals surface area contributed by atoms with Crippen molar-refractivity contribution in [1.29, 1.82) is 0 Å². The van der Waals surface area contributed by atoms with Gasteiger partial charge in [0.25, 0.3) is 0 Å². The predicted molar refractivity (Wildman–Crippen MR) is 102 cm³/mol. The second kappa shape index (κ2) is 7.94. The van der Waals surface area contributed by atoms with Crippen LogP contribution in [0.4, 0.5) is 0 Å². The van der Waals surface area contributed by atoms with Crippen molar-refractivity contribution in [3.05, 3.63) is 96.1 Å². The number of carbonyl (C=O) groups is 2. The summed E-state index contributed by atoms with van der Waals surface area (Å²) in [6, 6.07) is 24.0. The van der Waals surface area contributed by atoms with Crippen molar-refractivity contribution < 1.29 is 14.3 Å². The highest BCUT2D eigenvalue weighted by molar-refractivity contribution is 5.93. The molecule has 0 aliphatic rings. The third-order valence-corrected chi connectivity index (χ3v) is 3.76. The van der Waals surface area contributed by atoms with E-state index in [0.29, 0.717) is 11.3 Å². The van der Waals surface area contributed by atoms with E-state index in [1.807, 2.05) is 54.6 Å². The van der Waals surface area contributed by atoms with E-state index in [-0.39, 0.29) is 0 Å². The molecule has 26 heavy (non-hydrogen) atoms. The van der Waals surface area contributed by atoms with Crippen molar-refractivity contribution in [3.63, 3.8) is 0 Å².